The van der Waals surface area contributed by atoms with Gasteiger partial charge in [0.15, 0.2) is 0 Å². The SMILES string of the molecule is CCCC1CC1Nc1snc(N)c1-c1nc(C)cs1. The lowest BCUT2D eigenvalue weighted by Crippen LogP contribution is -2.04. The lowest BCUT2D eigenvalue weighted by molar-refractivity contribution is 0.693. The molecule has 2 aromatic rings. The number of hydrogen-bond donors (Lipinski definition) is 2. The first-order chi connectivity index (χ1) is 9.19. The van der Waals surface area contributed by atoms with Crippen LogP contribution in [0, 0.1) is 12.8 Å². The van der Waals surface area contributed by atoms with E-state index in [0.29, 0.717) is 11.9 Å². The van der Waals surface area contributed by atoms with Crippen LogP contribution in [0.2, 0.25) is 0 Å². The van der Waals surface area contributed by atoms with E-state index in [4.69, 9.17) is 5.73 Å². The van der Waals surface area contributed by atoms with E-state index in [1.54, 1.807) is 11.3 Å². The first-order valence-electron chi connectivity index (χ1n) is 6.63. The monoisotopic (exact) mass is 294 g/mol. The molecule has 2 unspecified atom stereocenters. The lowest BCUT2D eigenvalue weighted by Gasteiger charge is -2.04. The summed E-state index contributed by atoms with van der Waals surface area (Å²) in [7, 11) is 0. The van der Waals surface area contributed by atoms with Crippen molar-refractivity contribution in [1.82, 2.24) is 9.36 Å². The smallest absolute Gasteiger partial charge is 0.149 e. The van der Waals surface area contributed by atoms with Crippen molar-refractivity contribution < 1.29 is 0 Å². The van der Waals surface area contributed by atoms with Crippen molar-refractivity contribution in [2.24, 2.45) is 5.92 Å². The zero-order chi connectivity index (χ0) is 13.4. The minimum absolute atomic E-state index is 0.592. The molecule has 2 heterocycles. The Morgan fingerprint density at radius 3 is 3.05 bits per heavy atom. The number of nitrogens with two attached hydrogens (primary N) is 1. The first-order valence-corrected chi connectivity index (χ1v) is 8.28. The Hall–Kier alpha value is -1.14. The van der Waals surface area contributed by atoms with Gasteiger partial charge in [-0.25, -0.2) is 4.98 Å². The van der Waals surface area contributed by atoms with Gasteiger partial charge in [0.1, 0.15) is 15.8 Å². The van der Waals surface area contributed by atoms with E-state index in [2.05, 4.69) is 21.6 Å². The summed E-state index contributed by atoms with van der Waals surface area (Å²) in [5.74, 6) is 1.41. The van der Waals surface area contributed by atoms with Crippen LogP contribution in [0.3, 0.4) is 0 Å². The van der Waals surface area contributed by atoms with Crippen LogP contribution >= 0.6 is 22.9 Å². The van der Waals surface area contributed by atoms with Crippen LogP contribution in [0.15, 0.2) is 5.38 Å². The highest BCUT2D eigenvalue weighted by Crippen LogP contribution is 2.43. The van der Waals surface area contributed by atoms with E-state index in [9.17, 15) is 0 Å². The molecular formula is C13H18N4S2. The molecule has 1 aliphatic carbocycles. The highest BCUT2D eigenvalue weighted by atomic mass is 32.1. The standard InChI is InChI=1S/C13H18N4S2/c1-3-4-8-5-9(8)16-13-10(11(14)17-19-13)12-15-7(2)6-18-12/h6,8-9,16H,3-5H2,1-2H3,(H2,14,17). The predicted octanol–water partition coefficient (Wildman–Crippen LogP) is 3.76. The van der Waals surface area contributed by atoms with Crippen LogP contribution in [0.4, 0.5) is 10.8 Å². The van der Waals surface area contributed by atoms with E-state index in [1.807, 2.05) is 12.3 Å². The highest BCUT2D eigenvalue weighted by Gasteiger charge is 2.37. The molecule has 2 aromatic heterocycles. The molecule has 4 nitrogen and oxygen atoms in total. The van der Waals surface area contributed by atoms with Gasteiger partial charge in [0, 0.05) is 17.1 Å². The second kappa shape index (κ2) is 5.09. The number of rotatable bonds is 5. The fraction of sp³-hybridized carbons (Fsp3) is 0.538. The molecule has 1 aliphatic rings. The Morgan fingerprint density at radius 1 is 1.53 bits per heavy atom. The van der Waals surface area contributed by atoms with Gasteiger partial charge < -0.3 is 11.1 Å². The number of anilines is 2. The van der Waals surface area contributed by atoms with E-state index in [1.165, 1.54) is 30.8 Å². The maximum Gasteiger partial charge on any atom is 0.149 e. The van der Waals surface area contributed by atoms with Gasteiger partial charge in [-0.05, 0) is 37.2 Å². The summed E-state index contributed by atoms with van der Waals surface area (Å²) in [6, 6.07) is 0.597. The van der Waals surface area contributed by atoms with Crippen molar-refractivity contribution in [2.45, 2.75) is 39.2 Å². The Balaban J connectivity index is 1.80. The van der Waals surface area contributed by atoms with E-state index in [0.717, 1.165) is 27.2 Å². The average molecular weight is 294 g/mol. The van der Waals surface area contributed by atoms with Gasteiger partial charge in [-0.1, -0.05) is 13.3 Å². The molecule has 0 saturated heterocycles. The number of aromatic nitrogens is 2. The summed E-state index contributed by atoms with van der Waals surface area (Å²) in [5, 5.41) is 7.69. The maximum atomic E-state index is 6.00. The third kappa shape index (κ3) is 2.60. The van der Waals surface area contributed by atoms with Crippen molar-refractivity contribution >= 4 is 33.7 Å². The van der Waals surface area contributed by atoms with Gasteiger partial charge in [0.05, 0.1) is 5.56 Å². The molecule has 3 rings (SSSR count). The van der Waals surface area contributed by atoms with Crippen molar-refractivity contribution in [3.05, 3.63) is 11.1 Å². The molecule has 2 atom stereocenters. The minimum atomic E-state index is 0.592. The van der Waals surface area contributed by atoms with Gasteiger partial charge in [-0.15, -0.1) is 11.3 Å². The molecule has 0 aromatic carbocycles. The molecule has 0 amide bonds. The zero-order valence-corrected chi connectivity index (χ0v) is 12.8. The number of thiazole rings is 1. The third-order valence-electron chi connectivity index (χ3n) is 3.45. The van der Waals surface area contributed by atoms with Gasteiger partial charge in [-0.3, -0.25) is 0 Å². The van der Waals surface area contributed by atoms with Crippen molar-refractivity contribution in [2.75, 3.05) is 11.1 Å². The summed E-state index contributed by atoms with van der Waals surface area (Å²) < 4.78 is 4.28. The van der Waals surface area contributed by atoms with Crippen molar-refractivity contribution in [1.29, 1.82) is 0 Å². The first kappa shape index (κ1) is 12.9. The van der Waals surface area contributed by atoms with E-state index >= 15 is 0 Å². The Bertz CT molecular complexity index is 575. The molecule has 3 N–H and O–H groups in total. The Labute approximate surface area is 121 Å². The van der Waals surface area contributed by atoms with E-state index in [-0.39, 0.29) is 0 Å². The molecular weight excluding hydrogens is 276 g/mol. The second-order valence-electron chi connectivity index (χ2n) is 5.10. The second-order valence-corrected chi connectivity index (χ2v) is 6.73. The molecule has 0 radical (unpaired) electrons. The van der Waals surface area contributed by atoms with Crippen LogP contribution in [-0.2, 0) is 0 Å². The van der Waals surface area contributed by atoms with Gasteiger partial charge in [-0.2, -0.15) is 4.37 Å². The molecule has 1 saturated carbocycles. The zero-order valence-electron chi connectivity index (χ0n) is 11.1. The Morgan fingerprint density at radius 2 is 2.37 bits per heavy atom. The summed E-state index contributed by atoms with van der Waals surface area (Å²) in [6.07, 6.45) is 3.83. The number of aryl methyl sites for hydroxylation is 1. The number of nitrogen functional groups attached to an aromatic ring is 1. The molecule has 0 spiro atoms. The fourth-order valence-electron chi connectivity index (χ4n) is 2.36. The van der Waals surface area contributed by atoms with Crippen LogP contribution in [0.25, 0.3) is 10.6 Å². The quantitative estimate of drug-likeness (QED) is 0.881. The van der Waals surface area contributed by atoms with Crippen LogP contribution in [0.5, 0.6) is 0 Å². The molecule has 1 fully saturated rings. The molecule has 6 heteroatoms. The summed E-state index contributed by atoms with van der Waals surface area (Å²) in [6.45, 7) is 4.24. The van der Waals surface area contributed by atoms with Crippen LogP contribution in [-0.4, -0.2) is 15.4 Å². The van der Waals surface area contributed by atoms with Crippen molar-refractivity contribution in [3.8, 4) is 10.6 Å². The number of nitrogens with one attached hydrogen (secondary N) is 1. The van der Waals surface area contributed by atoms with Crippen LogP contribution < -0.4 is 11.1 Å². The molecule has 102 valence electrons. The highest BCUT2D eigenvalue weighted by molar-refractivity contribution is 7.15. The molecule has 19 heavy (non-hydrogen) atoms. The third-order valence-corrected chi connectivity index (χ3v) is 5.22. The summed E-state index contributed by atoms with van der Waals surface area (Å²) in [5.41, 5.74) is 8.02. The predicted molar refractivity (Wildman–Crippen MR) is 82.8 cm³/mol. The number of nitrogens with zero attached hydrogens (tertiary/aromatic N) is 2. The fourth-order valence-corrected chi connectivity index (χ4v) is 4.06. The van der Waals surface area contributed by atoms with Gasteiger partial charge >= 0.3 is 0 Å². The normalized spacial score (nSPS) is 21.6. The maximum absolute atomic E-state index is 6.00. The number of hydrogen-bond acceptors (Lipinski definition) is 6. The van der Waals surface area contributed by atoms with Gasteiger partial charge in [0.25, 0.3) is 0 Å². The minimum Gasteiger partial charge on any atom is -0.382 e. The Kier molecular flexibility index (Phi) is 3.45. The average Bonchev–Trinajstić information content (AvgIpc) is 2.78. The van der Waals surface area contributed by atoms with Crippen molar-refractivity contribution in [3.63, 3.8) is 0 Å². The van der Waals surface area contributed by atoms with Crippen LogP contribution in [0.1, 0.15) is 31.9 Å². The summed E-state index contributed by atoms with van der Waals surface area (Å²) in [4.78, 5) is 4.52. The lowest BCUT2D eigenvalue weighted by atomic mass is 10.2. The van der Waals surface area contributed by atoms with E-state index < -0.39 is 0 Å². The topological polar surface area (TPSA) is 63.8 Å². The molecule has 0 bridgehead atoms. The summed E-state index contributed by atoms with van der Waals surface area (Å²) >= 11 is 3.08. The molecule has 0 aliphatic heterocycles. The largest absolute Gasteiger partial charge is 0.382 e. The van der Waals surface area contributed by atoms with Gasteiger partial charge in [0.2, 0.25) is 0 Å².